The molecule has 0 aliphatic heterocycles. The zero-order chi connectivity index (χ0) is 13.0. The van der Waals surface area contributed by atoms with Gasteiger partial charge in [0.25, 0.3) is 0 Å². The molecule has 1 aliphatic rings. The van der Waals surface area contributed by atoms with Gasteiger partial charge in [-0.3, -0.25) is 9.67 Å². The highest BCUT2D eigenvalue weighted by Crippen LogP contribution is 2.34. The van der Waals surface area contributed by atoms with Gasteiger partial charge in [0.1, 0.15) is 12.2 Å². The van der Waals surface area contributed by atoms with Gasteiger partial charge in [0, 0.05) is 20.1 Å². The average Bonchev–Trinajstić information content (AvgIpc) is 2.96. The SMILES string of the molecule is CCCC1CC1NC(=NC)NCc1ncnn1C.I. The number of aliphatic imine (C=N–C) groups is 1. The molecule has 1 heterocycles. The fourth-order valence-corrected chi connectivity index (χ4v) is 2.13. The standard InChI is InChI=1S/C12H22N6.HI/c1-4-5-9-6-10(9)17-12(13-2)14-7-11-15-8-16-18(11)3;/h8-10H,4-7H2,1-3H3,(H2,13,14,17);1H. The summed E-state index contributed by atoms with van der Waals surface area (Å²) in [5.74, 6) is 2.57. The summed E-state index contributed by atoms with van der Waals surface area (Å²) >= 11 is 0. The smallest absolute Gasteiger partial charge is 0.191 e. The lowest BCUT2D eigenvalue weighted by Crippen LogP contribution is -2.39. The normalized spacial score (nSPS) is 21.7. The number of halogens is 1. The van der Waals surface area contributed by atoms with Crippen molar-refractivity contribution in [3.05, 3.63) is 12.2 Å². The lowest BCUT2D eigenvalue weighted by atomic mass is 10.2. The number of nitrogens with one attached hydrogen (secondary N) is 2. The summed E-state index contributed by atoms with van der Waals surface area (Å²) in [4.78, 5) is 8.40. The first-order valence-corrected chi connectivity index (χ1v) is 6.54. The van der Waals surface area contributed by atoms with Crippen molar-refractivity contribution in [2.75, 3.05) is 7.05 Å². The lowest BCUT2D eigenvalue weighted by Gasteiger charge is -2.11. The molecule has 1 aliphatic carbocycles. The van der Waals surface area contributed by atoms with Crippen molar-refractivity contribution in [2.45, 2.75) is 38.8 Å². The predicted octanol–water partition coefficient (Wildman–Crippen LogP) is 1.29. The molecule has 2 unspecified atom stereocenters. The number of aryl methyl sites for hydroxylation is 1. The molecule has 1 fully saturated rings. The van der Waals surface area contributed by atoms with E-state index in [-0.39, 0.29) is 24.0 Å². The van der Waals surface area contributed by atoms with Crippen LogP contribution in [0, 0.1) is 5.92 Å². The Morgan fingerprint density at radius 3 is 2.95 bits per heavy atom. The molecule has 0 spiro atoms. The third kappa shape index (κ3) is 4.63. The number of rotatable bonds is 5. The van der Waals surface area contributed by atoms with Crippen molar-refractivity contribution in [3.63, 3.8) is 0 Å². The van der Waals surface area contributed by atoms with E-state index in [0.717, 1.165) is 17.7 Å². The van der Waals surface area contributed by atoms with Gasteiger partial charge < -0.3 is 10.6 Å². The summed E-state index contributed by atoms with van der Waals surface area (Å²) in [6.07, 6.45) is 5.38. The zero-order valence-electron chi connectivity index (χ0n) is 11.8. The fourth-order valence-electron chi connectivity index (χ4n) is 2.13. The maximum absolute atomic E-state index is 4.23. The van der Waals surface area contributed by atoms with Crippen LogP contribution in [-0.4, -0.2) is 33.8 Å². The highest BCUT2D eigenvalue weighted by Gasteiger charge is 2.36. The van der Waals surface area contributed by atoms with Crippen LogP contribution in [0.2, 0.25) is 0 Å². The Hall–Kier alpha value is -0.860. The Bertz CT molecular complexity index is 416. The van der Waals surface area contributed by atoms with E-state index in [9.17, 15) is 0 Å². The van der Waals surface area contributed by atoms with Gasteiger partial charge in [-0.05, 0) is 18.8 Å². The Kier molecular flexibility index (Phi) is 6.53. The molecule has 0 saturated heterocycles. The third-order valence-corrected chi connectivity index (χ3v) is 3.35. The molecular weight excluding hydrogens is 355 g/mol. The number of nitrogens with zero attached hydrogens (tertiary/aromatic N) is 4. The van der Waals surface area contributed by atoms with Crippen molar-refractivity contribution in [1.29, 1.82) is 0 Å². The van der Waals surface area contributed by atoms with Gasteiger partial charge in [0.15, 0.2) is 5.96 Å². The van der Waals surface area contributed by atoms with Crippen LogP contribution in [0.5, 0.6) is 0 Å². The van der Waals surface area contributed by atoms with Crippen LogP contribution in [0.4, 0.5) is 0 Å². The molecule has 0 bridgehead atoms. The first-order valence-electron chi connectivity index (χ1n) is 6.54. The topological polar surface area (TPSA) is 67.1 Å². The monoisotopic (exact) mass is 378 g/mol. The van der Waals surface area contributed by atoms with Crippen LogP contribution in [-0.2, 0) is 13.6 Å². The summed E-state index contributed by atoms with van der Waals surface area (Å²) in [5, 5.41) is 10.7. The molecule has 108 valence electrons. The van der Waals surface area contributed by atoms with Crippen molar-refractivity contribution in [2.24, 2.45) is 18.0 Å². The van der Waals surface area contributed by atoms with E-state index in [1.54, 1.807) is 18.1 Å². The van der Waals surface area contributed by atoms with Crippen molar-refractivity contribution in [3.8, 4) is 0 Å². The Morgan fingerprint density at radius 2 is 2.37 bits per heavy atom. The van der Waals surface area contributed by atoms with E-state index < -0.39 is 0 Å². The molecule has 7 heteroatoms. The van der Waals surface area contributed by atoms with Crippen LogP contribution in [0.15, 0.2) is 11.3 Å². The highest BCUT2D eigenvalue weighted by atomic mass is 127. The molecule has 0 amide bonds. The molecular formula is C12H23IN6. The van der Waals surface area contributed by atoms with E-state index in [4.69, 9.17) is 0 Å². The number of aromatic nitrogens is 3. The maximum Gasteiger partial charge on any atom is 0.191 e. The number of hydrogen-bond donors (Lipinski definition) is 2. The summed E-state index contributed by atoms with van der Waals surface area (Å²) in [7, 11) is 3.68. The summed E-state index contributed by atoms with van der Waals surface area (Å²) in [6, 6.07) is 0.593. The average molecular weight is 378 g/mol. The quantitative estimate of drug-likeness (QED) is 0.460. The van der Waals surface area contributed by atoms with Crippen molar-refractivity contribution in [1.82, 2.24) is 25.4 Å². The molecule has 0 radical (unpaired) electrons. The van der Waals surface area contributed by atoms with E-state index >= 15 is 0 Å². The second kappa shape index (κ2) is 7.66. The van der Waals surface area contributed by atoms with E-state index in [2.05, 4.69) is 32.6 Å². The lowest BCUT2D eigenvalue weighted by molar-refractivity contribution is 0.645. The number of guanidine groups is 1. The summed E-state index contributed by atoms with van der Waals surface area (Å²) < 4.78 is 1.76. The number of hydrogen-bond acceptors (Lipinski definition) is 3. The van der Waals surface area contributed by atoms with Crippen LogP contribution in [0.3, 0.4) is 0 Å². The summed E-state index contributed by atoms with van der Waals surface area (Å²) in [6.45, 7) is 2.87. The zero-order valence-corrected chi connectivity index (χ0v) is 14.1. The largest absolute Gasteiger partial charge is 0.353 e. The molecule has 6 nitrogen and oxygen atoms in total. The molecule has 2 N–H and O–H groups in total. The van der Waals surface area contributed by atoms with Crippen LogP contribution in [0.1, 0.15) is 32.0 Å². The van der Waals surface area contributed by atoms with Crippen LogP contribution < -0.4 is 10.6 Å². The van der Waals surface area contributed by atoms with Crippen LogP contribution >= 0.6 is 24.0 Å². The minimum atomic E-state index is 0. The molecule has 0 aromatic carbocycles. The second-order valence-electron chi connectivity index (χ2n) is 4.76. The van der Waals surface area contributed by atoms with Gasteiger partial charge in [-0.2, -0.15) is 5.10 Å². The Morgan fingerprint density at radius 1 is 1.58 bits per heavy atom. The van der Waals surface area contributed by atoms with Gasteiger partial charge in [-0.15, -0.1) is 24.0 Å². The van der Waals surface area contributed by atoms with Crippen molar-refractivity contribution >= 4 is 29.9 Å². The first kappa shape index (κ1) is 16.2. The Balaban J connectivity index is 0.00000180. The predicted molar refractivity (Wildman–Crippen MR) is 86.6 cm³/mol. The second-order valence-corrected chi connectivity index (χ2v) is 4.76. The minimum Gasteiger partial charge on any atom is -0.353 e. The molecule has 19 heavy (non-hydrogen) atoms. The molecule has 1 saturated carbocycles. The van der Waals surface area contributed by atoms with Crippen molar-refractivity contribution < 1.29 is 0 Å². The minimum absolute atomic E-state index is 0. The van der Waals surface area contributed by atoms with Gasteiger partial charge in [0.05, 0.1) is 6.54 Å². The molecule has 1 aromatic heterocycles. The van der Waals surface area contributed by atoms with Gasteiger partial charge in [0.2, 0.25) is 0 Å². The molecule has 2 rings (SSSR count). The van der Waals surface area contributed by atoms with Gasteiger partial charge >= 0.3 is 0 Å². The third-order valence-electron chi connectivity index (χ3n) is 3.35. The van der Waals surface area contributed by atoms with Gasteiger partial charge in [-0.25, -0.2) is 4.98 Å². The fraction of sp³-hybridized carbons (Fsp3) is 0.750. The summed E-state index contributed by atoms with van der Waals surface area (Å²) in [5.41, 5.74) is 0. The van der Waals surface area contributed by atoms with Gasteiger partial charge in [-0.1, -0.05) is 13.3 Å². The van der Waals surface area contributed by atoms with E-state index in [1.165, 1.54) is 19.3 Å². The molecule has 2 atom stereocenters. The first-order chi connectivity index (χ1) is 8.74. The molecule has 1 aromatic rings. The maximum atomic E-state index is 4.23. The van der Waals surface area contributed by atoms with Crippen LogP contribution in [0.25, 0.3) is 0 Å². The van der Waals surface area contributed by atoms with E-state index in [1.807, 2.05) is 7.05 Å². The highest BCUT2D eigenvalue weighted by molar-refractivity contribution is 14.0. The Labute approximate surface area is 131 Å². The van der Waals surface area contributed by atoms with E-state index in [0.29, 0.717) is 12.6 Å².